The first-order valence-corrected chi connectivity index (χ1v) is 6.42. The van der Waals surface area contributed by atoms with Crippen LogP contribution >= 0.6 is 0 Å². The van der Waals surface area contributed by atoms with Crippen molar-refractivity contribution in [3.8, 4) is 0 Å². The number of nitrogens with zero attached hydrogens (tertiary/aromatic N) is 1. The van der Waals surface area contributed by atoms with Crippen molar-refractivity contribution in [1.29, 1.82) is 0 Å². The third-order valence-corrected chi connectivity index (χ3v) is 3.51. The zero-order chi connectivity index (χ0) is 12.5. The summed E-state index contributed by atoms with van der Waals surface area (Å²) in [6.45, 7) is 10.2. The van der Waals surface area contributed by atoms with Crippen molar-refractivity contribution in [2.45, 2.75) is 32.7 Å². The molecule has 0 amide bonds. The van der Waals surface area contributed by atoms with Crippen LogP contribution in [0.25, 0.3) is 0 Å². The minimum Gasteiger partial charge on any atom is -0.396 e. The summed E-state index contributed by atoms with van der Waals surface area (Å²) in [6.07, 6.45) is 0. The molecule has 0 aliphatic carbocycles. The summed E-state index contributed by atoms with van der Waals surface area (Å²) in [5, 5.41) is 9.03. The van der Waals surface area contributed by atoms with Gasteiger partial charge in [0.1, 0.15) is 0 Å². The van der Waals surface area contributed by atoms with Crippen molar-refractivity contribution in [3.63, 3.8) is 0 Å². The predicted molar refractivity (Wildman–Crippen MR) is 71.0 cm³/mol. The maximum Gasteiger partial charge on any atom is 0.0483 e. The summed E-state index contributed by atoms with van der Waals surface area (Å²) in [5.41, 5.74) is 3.07. The van der Waals surface area contributed by atoms with E-state index in [0.717, 1.165) is 19.6 Å². The number of hydrogen-bond acceptors (Lipinski definition) is 2. The van der Waals surface area contributed by atoms with Gasteiger partial charge in [-0.3, -0.25) is 4.90 Å². The van der Waals surface area contributed by atoms with Crippen molar-refractivity contribution in [1.82, 2.24) is 4.90 Å². The van der Waals surface area contributed by atoms with Crippen LogP contribution in [0.2, 0.25) is 0 Å². The quantitative estimate of drug-likeness (QED) is 0.866. The molecule has 0 bridgehead atoms. The maximum absolute atomic E-state index is 9.03. The molecule has 1 aromatic rings. The van der Waals surface area contributed by atoms with Gasteiger partial charge in [0.2, 0.25) is 0 Å². The van der Waals surface area contributed by atoms with Crippen LogP contribution in [0.3, 0.4) is 0 Å². The standard InChI is InChI=1S/C15H23NO/c1-15(2,3)14-7-5-4-6-13(14)10-16-8-12(9-16)11-17/h4-7,12,17H,8-11H2,1-3H3. The van der Waals surface area contributed by atoms with Gasteiger partial charge < -0.3 is 5.11 Å². The fourth-order valence-corrected chi connectivity index (χ4v) is 2.55. The Bertz CT molecular complexity index is 375. The van der Waals surface area contributed by atoms with Crippen molar-refractivity contribution in [3.05, 3.63) is 35.4 Å². The second kappa shape index (κ2) is 4.79. The van der Waals surface area contributed by atoms with E-state index in [0.29, 0.717) is 12.5 Å². The van der Waals surface area contributed by atoms with E-state index in [9.17, 15) is 0 Å². The van der Waals surface area contributed by atoms with Gasteiger partial charge in [-0.05, 0) is 16.5 Å². The van der Waals surface area contributed by atoms with E-state index in [1.165, 1.54) is 11.1 Å². The maximum atomic E-state index is 9.03. The number of rotatable bonds is 3. The van der Waals surface area contributed by atoms with Gasteiger partial charge >= 0.3 is 0 Å². The largest absolute Gasteiger partial charge is 0.396 e. The lowest BCUT2D eigenvalue weighted by molar-refractivity contribution is 0.0475. The van der Waals surface area contributed by atoms with Crippen LogP contribution in [0, 0.1) is 5.92 Å². The Hall–Kier alpha value is -0.860. The van der Waals surface area contributed by atoms with Gasteiger partial charge in [0.15, 0.2) is 0 Å². The van der Waals surface area contributed by atoms with E-state index in [2.05, 4.69) is 49.9 Å². The summed E-state index contributed by atoms with van der Waals surface area (Å²) in [5.74, 6) is 0.497. The lowest BCUT2D eigenvalue weighted by Gasteiger charge is -2.39. The second-order valence-corrected chi connectivity index (χ2v) is 6.15. The molecule has 1 aromatic carbocycles. The summed E-state index contributed by atoms with van der Waals surface area (Å²) in [7, 11) is 0. The highest BCUT2D eigenvalue weighted by Gasteiger charge is 2.27. The zero-order valence-electron chi connectivity index (χ0n) is 11.1. The smallest absolute Gasteiger partial charge is 0.0483 e. The van der Waals surface area contributed by atoms with Crippen LogP contribution in [0.1, 0.15) is 31.9 Å². The molecular formula is C15H23NO. The van der Waals surface area contributed by atoms with E-state index < -0.39 is 0 Å². The Morgan fingerprint density at radius 1 is 1.24 bits per heavy atom. The Morgan fingerprint density at radius 3 is 2.47 bits per heavy atom. The molecule has 2 heteroatoms. The highest BCUT2D eigenvalue weighted by molar-refractivity contribution is 5.32. The first kappa shape index (κ1) is 12.6. The molecule has 0 atom stereocenters. The van der Waals surface area contributed by atoms with Gasteiger partial charge in [-0.25, -0.2) is 0 Å². The molecule has 0 radical (unpaired) electrons. The van der Waals surface area contributed by atoms with Crippen LogP contribution in [-0.4, -0.2) is 29.7 Å². The van der Waals surface area contributed by atoms with Crippen molar-refractivity contribution in [2.24, 2.45) is 5.92 Å². The van der Waals surface area contributed by atoms with E-state index in [-0.39, 0.29) is 5.41 Å². The average molecular weight is 233 g/mol. The molecule has 1 heterocycles. The van der Waals surface area contributed by atoms with E-state index in [1.807, 2.05) is 0 Å². The molecule has 0 unspecified atom stereocenters. The van der Waals surface area contributed by atoms with Crippen LogP contribution in [0.5, 0.6) is 0 Å². The van der Waals surface area contributed by atoms with Gasteiger partial charge in [-0.2, -0.15) is 0 Å². The molecule has 1 aliphatic heterocycles. The Morgan fingerprint density at radius 2 is 1.88 bits per heavy atom. The number of hydrogen-bond donors (Lipinski definition) is 1. The second-order valence-electron chi connectivity index (χ2n) is 6.15. The fraction of sp³-hybridized carbons (Fsp3) is 0.600. The zero-order valence-corrected chi connectivity index (χ0v) is 11.1. The van der Waals surface area contributed by atoms with Gasteiger partial charge in [-0.15, -0.1) is 0 Å². The predicted octanol–water partition coefficient (Wildman–Crippen LogP) is 2.41. The number of aliphatic hydroxyl groups excluding tert-OH is 1. The Balaban J connectivity index is 2.06. The average Bonchev–Trinajstić information content (AvgIpc) is 2.22. The molecule has 0 spiro atoms. The number of likely N-dealkylation sites (tertiary alicyclic amines) is 1. The van der Waals surface area contributed by atoms with Crippen molar-refractivity contribution < 1.29 is 5.11 Å². The van der Waals surface area contributed by atoms with Crippen LogP contribution in [-0.2, 0) is 12.0 Å². The van der Waals surface area contributed by atoms with Gasteiger partial charge in [-0.1, -0.05) is 45.0 Å². The normalized spacial score (nSPS) is 18.1. The summed E-state index contributed by atoms with van der Waals surface area (Å²) in [6, 6.07) is 8.70. The monoisotopic (exact) mass is 233 g/mol. The summed E-state index contributed by atoms with van der Waals surface area (Å²) < 4.78 is 0. The molecule has 17 heavy (non-hydrogen) atoms. The molecule has 1 N–H and O–H groups in total. The first-order valence-electron chi connectivity index (χ1n) is 6.42. The molecule has 1 saturated heterocycles. The molecule has 2 nitrogen and oxygen atoms in total. The molecule has 94 valence electrons. The minimum absolute atomic E-state index is 0.206. The topological polar surface area (TPSA) is 23.5 Å². The summed E-state index contributed by atoms with van der Waals surface area (Å²) >= 11 is 0. The molecule has 2 rings (SSSR count). The number of benzene rings is 1. The van der Waals surface area contributed by atoms with Crippen molar-refractivity contribution >= 4 is 0 Å². The number of aliphatic hydroxyl groups is 1. The Labute approximate surface area is 104 Å². The van der Waals surface area contributed by atoms with Crippen LogP contribution in [0.15, 0.2) is 24.3 Å². The Kier molecular flexibility index (Phi) is 3.55. The fourth-order valence-electron chi connectivity index (χ4n) is 2.55. The molecule has 0 aromatic heterocycles. The van der Waals surface area contributed by atoms with E-state index in [4.69, 9.17) is 5.11 Å². The lowest BCUT2D eigenvalue weighted by atomic mass is 9.83. The van der Waals surface area contributed by atoms with E-state index >= 15 is 0 Å². The summed E-state index contributed by atoms with van der Waals surface area (Å²) in [4.78, 5) is 2.41. The van der Waals surface area contributed by atoms with Gasteiger partial charge in [0.05, 0.1) is 0 Å². The molecule has 1 aliphatic rings. The minimum atomic E-state index is 0.206. The van der Waals surface area contributed by atoms with Gasteiger partial charge in [0.25, 0.3) is 0 Å². The SMILES string of the molecule is CC(C)(C)c1ccccc1CN1CC(CO)C1. The van der Waals surface area contributed by atoms with Crippen molar-refractivity contribution in [2.75, 3.05) is 19.7 Å². The van der Waals surface area contributed by atoms with Gasteiger partial charge in [0, 0.05) is 32.2 Å². The van der Waals surface area contributed by atoms with E-state index in [1.54, 1.807) is 0 Å². The van der Waals surface area contributed by atoms with Crippen LogP contribution in [0.4, 0.5) is 0 Å². The highest BCUT2D eigenvalue weighted by atomic mass is 16.3. The molecular weight excluding hydrogens is 210 g/mol. The van der Waals surface area contributed by atoms with Crippen LogP contribution < -0.4 is 0 Å². The first-order chi connectivity index (χ1) is 8.00. The third kappa shape index (κ3) is 2.88. The molecule has 0 saturated carbocycles. The lowest BCUT2D eigenvalue weighted by Crippen LogP contribution is -2.47. The molecule has 1 fully saturated rings. The highest BCUT2D eigenvalue weighted by Crippen LogP contribution is 2.28. The third-order valence-electron chi connectivity index (χ3n) is 3.51.